The van der Waals surface area contributed by atoms with E-state index < -0.39 is 0 Å². The van der Waals surface area contributed by atoms with E-state index in [9.17, 15) is 0 Å². The monoisotopic (exact) mass is 289 g/mol. The van der Waals surface area contributed by atoms with E-state index in [1.165, 1.54) is 65.2 Å². The zero-order valence-electron chi connectivity index (χ0n) is 13.0. The van der Waals surface area contributed by atoms with Crippen LogP contribution < -0.4 is 5.32 Å². The maximum Gasteiger partial charge on any atom is 0.00481 e. The second-order valence-corrected chi connectivity index (χ2v) is 6.61. The third-order valence-electron chi connectivity index (χ3n) is 4.84. The van der Waals surface area contributed by atoms with Crippen LogP contribution in [0.2, 0.25) is 0 Å². The summed E-state index contributed by atoms with van der Waals surface area (Å²) in [4.78, 5) is 5.29. The van der Waals surface area contributed by atoms with Gasteiger partial charge in [0.15, 0.2) is 0 Å². The van der Waals surface area contributed by atoms with Crippen LogP contribution in [0.15, 0.2) is 0 Å². The Morgan fingerprint density at radius 3 is 2.63 bits per heavy atom. The molecule has 0 aromatic rings. The van der Waals surface area contributed by atoms with E-state index in [0.29, 0.717) is 5.41 Å². The average Bonchev–Trinajstić information content (AvgIpc) is 2.96. The van der Waals surface area contributed by atoms with Gasteiger partial charge in [0.05, 0.1) is 0 Å². The molecule has 19 heavy (non-hydrogen) atoms. The first-order valence-electron chi connectivity index (χ1n) is 7.80. The lowest BCUT2D eigenvalue weighted by molar-refractivity contribution is 0.193. The molecule has 114 valence electrons. The number of hydrogen-bond donors (Lipinski definition) is 1. The van der Waals surface area contributed by atoms with E-state index in [1.54, 1.807) is 0 Å². The molecule has 0 bridgehead atoms. The van der Waals surface area contributed by atoms with Crippen LogP contribution in [0.1, 0.15) is 33.6 Å². The van der Waals surface area contributed by atoms with Crippen LogP contribution in [0.5, 0.6) is 0 Å². The normalized spacial score (nSPS) is 31.9. The smallest absolute Gasteiger partial charge is 0.00481 e. The fraction of sp³-hybridized carbons (Fsp3) is 1.00. The minimum atomic E-state index is 0. The molecule has 0 saturated carbocycles. The minimum absolute atomic E-state index is 0. The number of rotatable bonds is 6. The molecule has 2 aliphatic rings. The van der Waals surface area contributed by atoms with Gasteiger partial charge < -0.3 is 15.1 Å². The molecular formula is C15H32ClN3. The van der Waals surface area contributed by atoms with Gasteiger partial charge in [-0.3, -0.25) is 0 Å². The van der Waals surface area contributed by atoms with Gasteiger partial charge in [-0.05, 0) is 50.4 Å². The van der Waals surface area contributed by atoms with E-state index in [1.807, 2.05) is 0 Å². The number of halogens is 1. The van der Waals surface area contributed by atoms with E-state index in [-0.39, 0.29) is 12.4 Å². The van der Waals surface area contributed by atoms with Gasteiger partial charge in [-0.25, -0.2) is 0 Å². The van der Waals surface area contributed by atoms with E-state index in [0.717, 1.165) is 5.92 Å². The fourth-order valence-electron chi connectivity index (χ4n) is 3.60. The zero-order valence-corrected chi connectivity index (χ0v) is 13.8. The molecule has 3 nitrogen and oxygen atoms in total. The summed E-state index contributed by atoms with van der Waals surface area (Å²) in [5.74, 6) is 0.905. The van der Waals surface area contributed by atoms with Crippen molar-refractivity contribution in [2.75, 3.05) is 52.4 Å². The topological polar surface area (TPSA) is 18.5 Å². The molecule has 0 aliphatic carbocycles. The lowest BCUT2D eigenvalue weighted by atomic mass is 9.89. The molecule has 2 unspecified atom stereocenters. The van der Waals surface area contributed by atoms with Crippen molar-refractivity contribution in [1.29, 1.82) is 0 Å². The SMILES string of the molecule is CCN(CC)CC1CCN(CC2(C)CCNC2)C1.Cl. The Morgan fingerprint density at radius 1 is 1.32 bits per heavy atom. The first-order chi connectivity index (χ1) is 8.65. The second-order valence-electron chi connectivity index (χ2n) is 6.61. The highest BCUT2D eigenvalue weighted by Gasteiger charge is 2.33. The van der Waals surface area contributed by atoms with Gasteiger partial charge in [0.25, 0.3) is 0 Å². The van der Waals surface area contributed by atoms with Gasteiger partial charge in [-0.1, -0.05) is 20.8 Å². The largest absolute Gasteiger partial charge is 0.316 e. The molecule has 0 aromatic heterocycles. The van der Waals surface area contributed by atoms with Crippen molar-refractivity contribution >= 4 is 12.4 Å². The average molecular weight is 290 g/mol. The molecule has 0 radical (unpaired) electrons. The molecular weight excluding hydrogens is 258 g/mol. The molecule has 0 aromatic carbocycles. The Hall–Kier alpha value is 0.170. The van der Waals surface area contributed by atoms with E-state index >= 15 is 0 Å². The fourth-order valence-corrected chi connectivity index (χ4v) is 3.60. The summed E-state index contributed by atoms with van der Waals surface area (Å²) < 4.78 is 0. The summed E-state index contributed by atoms with van der Waals surface area (Å²) in [6, 6.07) is 0. The first-order valence-corrected chi connectivity index (χ1v) is 7.80. The molecule has 0 spiro atoms. The molecule has 2 rings (SSSR count). The molecule has 2 fully saturated rings. The van der Waals surface area contributed by atoms with Crippen LogP contribution in [-0.2, 0) is 0 Å². The van der Waals surface area contributed by atoms with Crippen LogP contribution in [0, 0.1) is 11.3 Å². The van der Waals surface area contributed by atoms with Crippen molar-refractivity contribution in [2.45, 2.75) is 33.6 Å². The maximum atomic E-state index is 3.51. The van der Waals surface area contributed by atoms with Crippen LogP contribution in [0.3, 0.4) is 0 Å². The van der Waals surface area contributed by atoms with Crippen LogP contribution in [0.4, 0.5) is 0 Å². The van der Waals surface area contributed by atoms with Gasteiger partial charge in [0, 0.05) is 26.2 Å². The summed E-state index contributed by atoms with van der Waals surface area (Å²) >= 11 is 0. The van der Waals surface area contributed by atoms with Crippen LogP contribution >= 0.6 is 12.4 Å². The predicted octanol–water partition coefficient (Wildman–Crippen LogP) is 2.07. The van der Waals surface area contributed by atoms with Crippen molar-refractivity contribution in [1.82, 2.24) is 15.1 Å². The Bertz CT molecular complexity index is 250. The Balaban J connectivity index is 0.00000180. The number of nitrogens with zero attached hydrogens (tertiary/aromatic N) is 2. The highest BCUT2D eigenvalue weighted by molar-refractivity contribution is 5.85. The van der Waals surface area contributed by atoms with Crippen molar-refractivity contribution in [3.05, 3.63) is 0 Å². The van der Waals surface area contributed by atoms with Crippen LogP contribution in [-0.4, -0.2) is 62.2 Å². The summed E-state index contributed by atoms with van der Waals surface area (Å²) in [6.45, 7) is 17.1. The molecule has 4 heteroatoms. The third-order valence-corrected chi connectivity index (χ3v) is 4.84. The Kier molecular flexibility index (Phi) is 7.09. The van der Waals surface area contributed by atoms with Gasteiger partial charge in [-0.2, -0.15) is 0 Å². The van der Waals surface area contributed by atoms with E-state index in [4.69, 9.17) is 0 Å². The number of likely N-dealkylation sites (tertiary alicyclic amines) is 1. The summed E-state index contributed by atoms with van der Waals surface area (Å²) in [7, 11) is 0. The third kappa shape index (κ3) is 4.89. The van der Waals surface area contributed by atoms with Gasteiger partial charge in [0.2, 0.25) is 0 Å². The molecule has 2 aliphatic heterocycles. The van der Waals surface area contributed by atoms with Crippen LogP contribution in [0.25, 0.3) is 0 Å². The standard InChI is InChI=1S/C15H31N3.ClH/c1-4-17(5-2)10-14-6-9-18(11-14)13-15(3)7-8-16-12-15;/h14,16H,4-13H2,1-3H3;1H. The van der Waals surface area contributed by atoms with Crippen molar-refractivity contribution < 1.29 is 0 Å². The molecule has 2 atom stereocenters. The summed E-state index contributed by atoms with van der Waals surface area (Å²) in [5, 5.41) is 3.51. The quantitative estimate of drug-likeness (QED) is 0.808. The van der Waals surface area contributed by atoms with E-state index in [2.05, 4.69) is 35.9 Å². The summed E-state index contributed by atoms with van der Waals surface area (Å²) in [6.07, 6.45) is 2.75. The van der Waals surface area contributed by atoms with Crippen molar-refractivity contribution in [2.24, 2.45) is 11.3 Å². The van der Waals surface area contributed by atoms with Gasteiger partial charge >= 0.3 is 0 Å². The minimum Gasteiger partial charge on any atom is -0.316 e. The predicted molar refractivity (Wildman–Crippen MR) is 85.2 cm³/mol. The lowest BCUT2D eigenvalue weighted by Crippen LogP contribution is -2.37. The highest BCUT2D eigenvalue weighted by Crippen LogP contribution is 2.28. The maximum absolute atomic E-state index is 3.51. The zero-order chi connectivity index (χ0) is 13.0. The Labute approximate surface area is 125 Å². The molecule has 2 saturated heterocycles. The number of hydrogen-bond acceptors (Lipinski definition) is 3. The second kappa shape index (κ2) is 7.82. The highest BCUT2D eigenvalue weighted by atomic mass is 35.5. The van der Waals surface area contributed by atoms with Crippen molar-refractivity contribution in [3.8, 4) is 0 Å². The first kappa shape index (κ1) is 17.2. The molecule has 0 amide bonds. The summed E-state index contributed by atoms with van der Waals surface area (Å²) in [5.41, 5.74) is 0.532. The molecule has 2 heterocycles. The van der Waals surface area contributed by atoms with Crippen molar-refractivity contribution in [3.63, 3.8) is 0 Å². The molecule has 1 N–H and O–H groups in total. The van der Waals surface area contributed by atoms with Gasteiger partial charge in [-0.15, -0.1) is 12.4 Å². The van der Waals surface area contributed by atoms with Gasteiger partial charge in [0.1, 0.15) is 0 Å². The lowest BCUT2D eigenvalue weighted by Gasteiger charge is -2.29. The Morgan fingerprint density at radius 2 is 2.05 bits per heavy atom. The number of nitrogens with one attached hydrogen (secondary N) is 1.